The van der Waals surface area contributed by atoms with Gasteiger partial charge in [-0.3, -0.25) is 9.69 Å². The summed E-state index contributed by atoms with van der Waals surface area (Å²) in [4.78, 5) is 17.4. The van der Waals surface area contributed by atoms with Crippen LogP contribution < -0.4 is 5.32 Å². The third-order valence-corrected chi connectivity index (χ3v) is 4.74. The zero-order chi connectivity index (χ0) is 14.8. The molecule has 0 radical (unpaired) electrons. The summed E-state index contributed by atoms with van der Waals surface area (Å²) in [6.07, 6.45) is 0.903. The van der Waals surface area contributed by atoms with E-state index >= 15 is 0 Å². The van der Waals surface area contributed by atoms with Crippen molar-refractivity contribution in [1.82, 2.24) is 9.80 Å². The van der Waals surface area contributed by atoms with Gasteiger partial charge in [-0.1, -0.05) is 18.2 Å². The number of hydrogen-bond donors (Lipinski definition) is 1. The Morgan fingerprint density at radius 3 is 2.62 bits per heavy atom. The number of benzene rings is 1. The van der Waals surface area contributed by atoms with Gasteiger partial charge in [0.2, 0.25) is 5.91 Å². The zero-order valence-corrected chi connectivity index (χ0v) is 13.0. The van der Waals surface area contributed by atoms with Crippen LogP contribution in [0.5, 0.6) is 0 Å². The number of hydrogen-bond acceptors (Lipinski definition) is 3. The average molecular weight is 287 g/mol. The van der Waals surface area contributed by atoms with Crippen molar-refractivity contribution in [3.63, 3.8) is 0 Å². The summed E-state index contributed by atoms with van der Waals surface area (Å²) in [6, 6.07) is 8.80. The molecule has 4 nitrogen and oxygen atoms in total. The van der Waals surface area contributed by atoms with Crippen molar-refractivity contribution in [2.75, 3.05) is 38.0 Å². The zero-order valence-electron chi connectivity index (χ0n) is 13.0. The molecule has 4 heteroatoms. The van der Waals surface area contributed by atoms with Gasteiger partial charge in [0, 0.05) is 44.5 Å². The molecule has 0 aromatic heterocycles. The first-order chi connectivity index (χ1) is 10.2. The molecule has 1 N–H and O–H groups in total. The maximum atomic E-state index is 12.9. The number of piperazine rings is 1. The minimum atomic E-state index is 0.0352. The van der Waals surface area contributed by atoms with Gasteiger partial charge in [-0.25, -0.2) is 0 Å². The Hall–Kier alpha value is -1.55. The van der Waals surface area contributed by atoms with Crippen molar-refractivity contribution >= 4 is 11.6 Å². The Morgan fingerprint density at radius 1 is 1.19 bits per heavy atom. The molecule has 2 aliphatic heterocycles. The summed E-state index contributed by atoms with van der Waals surface area (Å²) in [5.74, 6) is 0.348. The molecular formula is C17H25N3O. The van der Waals surface area contributed by atoms with E-state index in [0.717, 1.165) is 44.8 Å². The molecule has 114 valence electrons. The van der Waals surface area contributed by atoms with Crippen LogP contribution in [0, 0.1) is 0 Å². The maximum Gasteiger partial charge on any atom is 0.230 e. The predicted molar refractivity (Wildman–Crippen MR) is 85.6 cm³/mol. The molecule has 1 aromatic carbocycles. The number of nitrogens with zero attached hydrogens (tertiary/aromatic N) is 2. The molecule has 1 atom stereocenters. The van der Waals surface area contributed by atoms with E-state index in [0.29, 0.717) is 11.9 Å². The van der Waals surface area contributed by atoms with Crippen LogP contribution in [-0.4, -0.2) is 54.5 Å². The molecule has 0 bridgehead atoms. The van der Waals surface area contributed by atoms with Crippen LogP contribution >= 0.6 is 0 Å². The first kappa shape index (κ1) is 14.4. The molecular weight excluding hydrogens is 262 g/mol. The number of rotatable bonds is 2. The summed E-state index contributed by atoms with van der Waals surface area (Å²) in [6.45, 7) is 9.05. The second-order valence-corrected chi connectivity index (χ2v) is 6.31. The number of carbonyl (C=O) groups excluding carboxylic acids is 1. The van der Waals surface area contributed by atoms with E-state index in [4.69, 9.17) is 0 Å². The molecule has 1 fully saturated rings. The fourth-order valence-electron chi connectivity index (χ4n) is 3.40. The standard InChI is InChI=1S/C17H25N3O/c1-13(2)19-9-11-20(12-10-19)17(21)15-7-8-18-16-6-4-3-5-14(15)16/h3-6,13,15,18H,7-12H2,1-2H3. The van der Waals surface area contributed by atoms with E-state index in [1.807, 2.05) is 12.1 Å². The quantitative estimate of drug-likeness (QED) is 0.905. The van der Waals surface area contributed by atoms with Gasteiger partial charge in [0.05, 0.1) is 5.92 Å². The van der Waals surface area contributed by atoms with Crippen molar-refractivity contribution in [3.05, 3.63) is 29.8 Å². The van der Waals surface area contributed by atoms with Gasteiger partial charge in [0.15, 0.2) is 0 Å². The minimum Gasteiger partial charge on any atom is -0.385 e. The molecule has 1 aromatic rings. The van der Waals surface area contributed by atoms with Crippen molar-refractivity contribution < 1.29 is 4.79 Å². The lowest BCUT2D eigenvalue weighted by molar-refractivity contribution is -0.135. The molecule has 2 heterocycles. The van der Waals surface area contributed by atoms with Crippen LogP contribution in [0.15, 0.2) is 24.3 Å². The Labute approximate surface area is 127 Å². The molecule has 3 rings (SSSR count). The van der Waals surface area contributed by atoms with Crippen LogP contribution in [0.2, 0.25) is 0 Å². The Bertz CT molecular complexity index is 507. The van der Waals surface area contributed by atoms with E-state index in [1.54, 1.807) is 0 Å². The molecule has 2 aliphatic rings. The SMILES string of the molecule is CC(C)N1CCN(C(=O)C2CCNc3ccccc32)CC1. The number of carbonyl (C=O) groups is 1. The smallest absolute Gasteiger partial charge is 0.230 e. The van der Waals surface area contributed by atoms with Crippen LogP contribution in [0.4, 0.5) is 5.69 Å². The molecule has 1 amide bonds. The summed E-state index contributed by atoms with van der Waals surface area (Å²) in [5, 5.41) is 3.39. The van der Waals surface area contributed by atoms with Gasteiger partial charge < -0.3 is 10.2 Å². The van der Waals surface area contributed by atoms with E-state index in [9.17, 15) is 4.79 Å². The first-order valence-electron chi connectivity index (χ1n) is 8.02. The lowest BCUT2D eigenvalue weighted by Crippen LogP contribution is -2.52. The summed E-state index contributed by atoms with van der Waals surface area (Å²) >= 11 is 0. The molecule has 0 aliphatic carbocycles. The summed E-state index contributed by atoms with van der Waals surface area (Å²) in [5.41, 5.74) is 2.29. The van der Waals surface area contributed by atoms with Gasteiger partial charge in [0.25, 0.3) is 0 Å². The summed E-state index contributed by atoms with van der Waals surface area (Å²) < 4.78 is 0. The van der Waals surface area contributed by atoms with Crippen LogP contribution in [-0.2, 0) is 4.79 Å². The van der Waals surface area contributed by atoms with Crippen molar-refractivity contribution in [2.24, 2.45) is 0 Å². The molecule has 0 saturated carbocycles. The van der Waals surface area contributed by atoms with Crippen LogP contribution in [0.1, 0.15) is 31.7 Å². The highest BCUT2D eigenvalue weighted by molar-refractivity contribution is 5.86. The van der Waals surface area contributed by atoms with Gasteiger partial charge in [-0.2, -0.15) is 0 Å². The number of para-hydroxylation sites is 1. The van der Waals surface area contributed by atoms with Crippen molar-refractivity contribution in [2.45, 2.75) is 32.2 Å². The van der Waals surface area contributed by atoms with Crippen molar-refractivity contribution in [1.29, 1.82) is 0 Å². The van der Waals surface area contributed by atoms with Gasteiger partial charge in [0.1, 0.15) is 0 Å². The largest absolute Gasteiger partial charge is 0.385 e. The van der Waals surface area contributed by atoms with E-state index in [-0.39, 0.29) is 5.92 Å². The monoisotopic (exact) mass is 287 g/mol. The Morgan fingerprint density at radius 2 is 1.90 bits per heavy atom. The molecule has 1 saturated heterocycles. The van der Waals surface area contributed by atoms with Gasteiger partial charge >= 0.3 is 0 Å². The number of anilines is 1. The molecule has 0 spiro atoms. The fraction of sp³-hybridized carbons (Fsp3) is 0.588. The predicted octanol–water partition coefficient (Wildman–Crippen LogP) is 2.14. The highest BCUT2D eigenvalue weighted by Crippen LogP contribution is 2.32. The van der Waals surface area contributed by atoms with E-state index in [1.165, 1.54) is 5.56 Å². The lowest BCUT2D eigenvalue weighted by Gasteiger charge is -2.39. The van der Waals surface area contributed by atoms with E-state index in [2.05, 4.69) is 41.1 Å². The lowest BCUT2D eigenvalue weighted by atomic mass is 9.89. The fourth-order valence-corrected chi connectivity index (χ4v) is 3.40. The number of fused-ring (bicyclic) bond motifs is 1. The third-order valence-electron chi connectivity index (χ3n) is 4.74. The van der Waals surface area contributed by atoms with Gasteiger partial charge in [-0.05, 0) is 31.9 Å². The summed E-state index contributed by atoms with van der Waals surface area (Å²) in [7, 11) is 0. The second kappa shape index (κ2) is 6.06. The third kappa shape index (κ3) is 2.91. The average Bonchev–Trinajstić information content (AvgIpc) is 2.53. The highest BCUT2D eigenvalue weighted by Gasteiger charge is 2.31. The van der Waals surface area contributed by atoms with Gasteiger partial charge in [-0.15, -0.1) is 0 Å². The normalized spacial score (nSPS) is 22.8. The first-order valence-corrected chi connectivity index (χ1v) is 8.02. The Kier molecular flexibility index (Phi) is 4.15. The highest BCUT2D eigenvalue weighted by atomic mass is 16.2. The number of amides is 1. The van der Waals surface area contributed by atoms with E-state index < -0.39 is 0 Å². The van der Waals surface area contributed by atoms with Crippen LogP contribution in [0.25, 0.3) is 0 Å². The molecule has 21 heavy (non-hydrogen) atoms. The maximum absolute atomic E-state index is 12.9. The minimum absolute atomic E-state index is 0.0352. The second-order valence-electron chi connectivity index (χ2n) is 6.31. The van der Waals surface area contributed by atoms with Crippen LogP contribution in [0.3, 0.4) is 0 Å². The topological polar surface area (TPSA) is 35.6 Å². The van der Waals surface area contributed by atoms with Crippen molar-refractivity contribution in [3.8, 4) is 0 Å². The Balaban J connectivity index is 1.70. The number of nitrogens with one attached hydrogen (secondary N) is 1. The molecule has 1 unspecified atom stereocenters.